The van der Waals surface area contributed by atoms with Gasteiger partial charge in [-0.05, 0) is 92.8 Å². The molecule has 1 unspecified atom stereocenters. The van der Waals surface area contributed by atoms with Gasteiger partial charge in [-0.3, -0.25) is 0 Å². The Hall–Kier alpha value is -4.06. The van der Waals surface area contributed by atoms with E-state index < -0.39 is 18.0 Å². The minimum absolute atomic E-state index is 0.293. The summed E-state index contributed by atoms with van der Waals surface area (Å²) in [6.07, 6.45) is 9.68. The maximum absolute atomic E-state index is 12.6. The van der Waals surface area contributed by atoms with E-state index in [0.717, 1.165) is 36.3 Å². The summed E-state index contributed by atoms with van der Waals surface area (Å²) < 4.78 is 21.9. The van der Waals surface area contributed by atoms with Crippen molar-refractivity contribution >= 4 is 11.9 Å². The van der Waals surface area contributed by atoms with E-state index in [-0.39, 0.29) is 0 Å². The first-order valence-corrected chi connectivity index (χ1v) is 14.1. The Kier molecular flexibility index (Phi) is 12.8. The smallest absolute Gasteiger partial charge is 0.347 e. The lowest BCUT2D eigenvalue weighted by Crippen LogP contribution is -2.26. The molecule has 0 radical (unpaired) electrons. The molecule has 0 fully saturated rings. The molecule has 0 spiro atoms. The van der Waals surface area contributed by atoms with E-state index in [1.54, 1.807) is 50.2 Å². The van der Waals surface area contributed by atoms with E-state index in [4.69, 9.17) is 18.9 Å². The molecule has 0 aliphatic carbocycles. The van der Waals surface area contributed by atoms with Crippen LogP contribution in [0.25, 0.3) is 11.1 Å². The first-order valence-electron chi connectivity index (χ1n) is 14.1. The zero-order chi connectivity index (χ0) is 28.6. The first-order chi connectivity index (χ1) is 19.5. The van der Waals surface area contributed by atoms with Gasteiger partial charge in [0.05, 0.1) is 18.8 Å². The molecule has 0 aliphatic heterocycles. The van der Waals surface area contributed by atoms with Crippen LogP contribution in [0.4, 0.5) is 0 Å². The van der Waals surface area contributed by atoms with E-state index >= 15 is 0 Å². The standard InChI is InChI=1S/C34H40O6/c1-4-6-7-8-9-10-11-12-25-38-30-19-17-28(18-20-30)27-13-15-29(16-14-27)34(36)40-32-23-21-31(22-24-32)39-26(3)33(35)37-5-2/h4,13-24,26H,1,5-12,25H2,2-3H3. The summed E-state index contributed by atoms with van der Waals surface area (Å²) in [5.74, 6) is 0.830. The van der Waals surface area contributed by atoms with Crippen LogP contribution in [0.5, 0.6) is 17.2 Å². The third-order valence-corrected chi connectivity index (χ3v) is 6.35. The zero-order valence-corrected chi connectivity index (χ0v) is 23.6. The summed E-state index contributed by atoms with van der Waals surface area (Å²) in [7, 11) is 0. The molecule has 0 saturated carbocycles. The van der Waals surface area contributed by atoms with E-state index in [2.05, 4.69) is 6.58 Å². The quantitative estimate of drug-likeness (QED) is 0.0738. The van der Waals surface area contributed by atoms with Gasteiger partial charge in [0.2, 0.25) is 0 Å². The van der Waals surface area contributed by atoms with Gasteiger partial charge in [-0.2, -0.15) is 0 Å². The second kappa shape index (κ2) is 16.8. The minimum Gasteiger partial charge on any atom is -0.494 e. The predicted octanol–water partition coefficient (Wildman–Crippen LogP) is 8.20. The number of allylic oxidation sites excluding steroid dienone is 1. The van der Waals surface area contributed by atoms with Crippen molar-refractivity contribution in [3.63, 3.8) is 0 Å². The third kappa shape index (κ3) is 10.3. The SMILES string of the molecule is C=CCCCCCCCCOc1ccc(-c2ccc(C(=O)Oc3ccc(OC(C)C(=O)OCC)cc3)cc2)cc1. The second-order valence-electron chi connectivity index (χ2n) is 9.52. The number of rotatable bonds is 17. The highest BCUT2D eigenvalue weighted by Gasteiger charge is 2.16. The van der Waals surface area contributed by atoms with Crippen LogP contribution in [-0.4, -0.2) is 31.3 Å². The van der Waals surface area contributed by atoms with Crippen molar-refractivity contribution in [1.82, 2.24) is 0 Å². The van der Waals surface area contributed by atoms with Gasteiger partial charge in [0.15, 0.2) is 6.10 Å². The van der Waals surface area contributed by atoms with Gasteiger partial charge in [-0.1, -0.05) is 56.0 Å². The molecule has 40 heavy (non-hydrogen) atoms. The van der Waals surface area contributed by atoms with Crippen molar-refractivity contribution in [1.29, 1.82) is 0 Å². The highest BCUT2D eigenvalue weighted by molar-refractivity contribution is 5.91. The van der Waals surface area contributed by atoms with Crippen molar-refractivity contribution in [2.75, 3.05) is 13.2 Å². The van der Waals surface area contributed by atoms with Gasteiger partial charge in [-0.25, -0.2) is 9.59 Å². The second-order valence-corrected chi connectivity index (χ2v) is 9.52. The lowest BCUT2D eigenvalue weighted by molar-refractivity contribution is -0.150. The van der Waals surface area contributed by atoms with E-state index in [0.29, 0.717) is 23.7 Å². The third-order valence-electron chi connectivity index (χ3n) is 6.35. The fourth-order valence-electron chi connectivity index (χ4n) is 4.09. The van der Waals surface area contributed by atoms with Gasteiger partial charge >= 0.3 is 11.9 Å². The average Bonchev–Trinajstić information content (AvgIpc) is 2.98. The van der Waals surface area contributed by atoms with Crippen molar-refractivity contribution in [3.8, 4) is 28.4 Å². The molecular weight excluding hydrogens is 504 g/mol. The predicted molar refractivity (Wildman–Crippen MR) is 158 cm³/mol. The van der Waals surface area contributed by atoms with Crippen molar-refractivity contribution in [2.45, 2.75) is 64.9 Å². The van der Waals surface area contributed by atoms with Crippen LogP contribution in [0.2, 0.25) is 0 Å². The number of carbonyl (C=O) groups is 2. The van der Waals surface area contributed by atoms with Crippen LogP contribution in [0, 0.1) is 0 Å². The number of carbonyl (C=O) groups excluding carboxylic acids is 2. The fourth-order valence-corrected chi connectivity index (χ4v) is 4.09. The number of unbranched alkanes of at least 4 members (excludes halogenated alkanes) is 6. The summed E-state index contributed by atoms with van der Waals surface area (Å²) in [4.78, 5) is 24.3. The molecule has 0 aliphatic rings. The molecule has 0 bridgehead atoms. The highest BCUT2D eigenvalue weighted by Crippen LogP contribution is 2.24. The maximum Gasteiger partial charge on any atom is 0.347 e. The van der Waals surface area contributed by atoms with Crippen LogP contribution < -0.4 is 14.2 Å². The van der Waals surface area contributed by atoms with Crippen LogP contribution in [0.3, 0.4) is 0 Å². The van der Waals surface area contributed by atoms with Gasteiger partial charge < -0.3 is 18.9 Å². The van der Waals surface area contributed by atoms with Crippen LogP contribution in [0.1, 0.15) is 69.2 Å². The molecule has 3 aromatic rings. The Bertz CT molecular complexity index is 1180. The highest BCUT2D eigenvalue weighted by atomic mass is 16.6. The molecule has 6 heteroatoms. The van der Waals surface area contributed by atoms with Crippen molar-refractivity contribution in [3.05, 3.63) is 91.0 Å². The summed E-state index contributed by atoms with van der Waals surface area (Å²) in [6, 6.07) is 21.8. The Morgan fingerprint density at radius 1 is 0.750 bits per heavy atom. The maximum atomic E-state index is 12.6. The minimum atomic E-state index is -0.729. The molecule has 0 amide bonds. The molecule has 0 saturated heterocycles. The largest absolute Gasteiger partial charge is 0.494 e. The Morgan fingerprint density at radius 3 is 1.93 bits per heavy atom. The van der Waals surface area contributed by atoms with Gasteiger partial charge in [0, 0.05) is 0 Å². The number of esters is 2. The number of benzene rings is 3. The Morgan fingerprint density at radius 2 is 1.30 bits per heavy atom. The van der Waals surface area contributed by atoms with Crippen molar-refractivity contribution < 1.29 is 28.5 Å². The van der Waals surface area contributed by atoms with Crippen LogP contribution in [-0.2, 0) is 9.53 Å². The zero-order valence-electron chi connectivity index (χ0n) is 23.6. The molecular formula is C34H40O6. The summed E-state index contributed by atoms with van der Waals surface area (Å²) in [6.45, 7) is 8.14. The molecule has 0 heterocycles. The monoisotopic (exact) mass is 544 g/mol. The number of ether oxygens (including phenoxy) is 4. The lowest BCUT2D eigenvalue weighted by atomic mass is 10.0. The molecule has 6 nitrogen and oxygen atoms in total. The topological polar surface area (TPSA) is 71.1 Å². The molecule has 3 rings (SSSR count). The Labute approximate surface area is 237 Å². The molecule has 3 aromatic carbocycles. The van der Waals surface area contributed by atoms with E-state index in [9.17, 15) is 9.59 Å². The van der Waals surface area contributed by atoms with Crippen molar-refractivity contribution in [2.24, 2.45) is 0 Å². The van der Waals surface area contributed by atoms with Gasteiger partial charge in [-0.15, -0.1) is 6.58 Å². The normalized spacial score (nSPS) is 11.3. The van der Waals surface area contributed by atoms with Gasteiger partial charge in [0.1, 0.15) is 17.2 Å². The summed E-state index contributed by atoms with van der Waals surface area (Å²) >= 11 is 0. The first kappa shape index (κ1) is 30.5. The van der Waals surface area contributed by atoms with Crippen LogP contribution >= 0.6 is 0 Å². The summed E-state index contributed by atoms with van der Waals surface area (Å²) in [5.41, 5.74) is 2.48. The van der Waals surface area contributed by atoms with Crippen LogP contribution in [0.15, 0.2) is 85.5 Å². The molecule has 0 N–H and O–H groups in total. The fraction of sp³-hybridized carbons (Fsp3) is 0.353. The molecule has 0 aromatic heterocycles. The number of hydrogen-bond donors (Lipinski definition) is 0. The van der Waals surface area contributed by atoms with Gasteiger partial charge in [0.25, 0.3) is 0 Å². The molecule has 212 valence electrons. The van der Waals surface area contributed by atoms with E-state index in [1.165, 1.54) is 32.1 Å². The summed E-state index contributed by atoms with van der Waals surface area (Å²) in [5, 5.41) is 0. The lowest BCUT2D eigenvalue weighted by Gasteiger charge is -2.13. The Balaban J connectivity index is 1.43. The number of hydrogen-bond acceptors (Lipinski definition) is 6. The molecule has 1 atom stereocenters. The average molecular weight is 545 g/mol. The van der Waals surface area contributed by atoms with E-state index in [1.807, 2.05) is 42.5 Å².